The molecule has 1 aromatic heterocycles. The minimum absolute atomic E-state index is 0.0589. The molecule has 0 aliphatic rings. The number of ether oxygens (including phenoxy) is 1. The maximum Gasteiger partial charge on any atom is 0.261 e. The first kappa shape index (κ1) is 12.9. The zero-order chi connectivity index (χ0) is 13.0. The fourth-order valence-corrected chi connectivity index (χ4v) is 2.16. The van der Waals surface area contributed by atoms with Crippen LogP contribution in [0.5, 0.6) is 5.75 Å². The predicted octanol–water partition coefficient (Wildman–Crippen LogP) is 1.89. The van der Waals surface area contributed by atoms with Crippen LogP contribution in [-0.2, 0) is 15.6 Å². The van der Waals surface area contributed by atoms with Gasteiger partial charge in [0.05, 0.1) is 11.4 Å². The highest BCUT2D eigenvalue weighted by molar-refractivity contribution is 8.13. The normalized spacial score (nSPS) is 11.4. The third-order valence-electron chi connectivity index (χ3n) is 2.25. The molecule has 0 unspecified atom stereocenters. The molecule has 0 fully saturated rings. The lowest BCUT2D eigenvalue weighted by molar-refractivity contribution is 0.291. The first-order valence-corrected chi connectivity index (χ1v) is 7.51. The first-order chi connectivity index (χ1) is 8.55. The van der Waals surface area contributed by atoms with E-state index in [1.54, 1.807) is 23.0 Å². The molecule has 18 heavy (non-hydrogen) atoms. The van der Waals surface area contributed by atoms with Crippen LogP contribution in [0, 0.1) is 0 Å². The van der Waals surface area contributed by atoms with Crippen molar-refractivity contribution >= 4 is 19.7 Å². The van der Waals surface area contributed by atoms with Crippen molar-refractivity contribution < 1.29 is 13.2 Å². The standard InChI is InChI=1S/C11H11ClN2O3S/c12-18(15,16)11-4-2-10(3-5-11)17-9-8-14-7-1-6-13-14/h1-7H,8-9H2. The molecule has 2 rings (SSSR count). The van der Waals surface area contributed by atoms with Crippen molar-refractivity contribution in [2.24, 2.45) is 0 Å². The second kappa shape index (κ2) is 5.41. The molecule has 2 aromatic rings. The molecule has 96 valence electrons. The van der Waals surface area contributed by atoms with Gasteiger partial charge in [0, 0.05) is 23.1 Å². The Morgan fingerprint density at radius 1 is 1.28 bits per heavy atom. The summed E-state index contributed by atoms with van der Waals surface area (Å²) in [7, 11) is 1.53. The number of aromatic nitrogens is 2. The van der Waals surface area contributed by atoms with E-state index in [1.165, 1.54) is 12.1 Å². The summed E-state index contributed by atoms with van der Waals surface area (Å²) in [5.74, 6) is 0.589. The topological polar surface area (TPSA) is 61.2 Å². The Labute approximate surface area is 109 Å². The zero-order valence-corrected chi connectivity index (χ0v) is 10.9. The largest absolute Gasteiger partial charge is 0.492 e. The fourth-order valence-electron chi connectivity index (χ4n) is 1.39. The van der Waals surface area contributed by atoms with Crippen molar-refractivity contribution in [1.29, 1.82) is 0 Å². The van der Waals surface area contributed by atoms with Gasteiger partial charge in [0.2, 0.25) is 0 Å². The Morgan fingerprint density at radius 2 is 2.00 bits per heavy atom. The lowest BCUT2D eigenvalue weighted by Crippen LogP contribution is -2.08. The monoisotopic (exact) mass is 286 g/mol. The van der Waals surface area contributed by atoms with E-state index in [-0.39, 0.29) is 4.90 Å². The van der Waals surface area contributed by atoms with E-state index in [1.807, 2.05) is 12.3 Å². The molecule has 0 atom stereocenters. The molecule has 0 aliphatic heterocycles. The van der Waals surface area contributed by atoms with Gasteiger partial charge in [-0.1, -0.05) is 0 Å². The highest BCUT2D eigenvalue weighted by Crippen LogP contribution is 2.18. The summed E-state index contributed by atoms with van der Waals surface area (Å²) >= 11 is 0. The van der Waals surface area contributed by atoms with Crippen molar-refractivity contribution in [2.45, 2.75) is 11.4 Å². The van der Waals surface area contributed by atoms with Gasteiger partial charge < -0.3 is 4.74 Å². The van der Waals surface area contributed by atoms with Crippen molar-refractivity contribution in [3.05, 3.63) is 42.7 Å². The molecular weight excluding hydrogens is 276 g/mol. The number of hydrogen-bond acceptors (Lipinski definition) is 4. The fraction of sp³-hybridized carbons (Fsp3) is 0.182. The molecule has 1 heterocycles. The van der Waals surface area contributed by atoms with Crippen LogP contribution in [0.1, 0.15) is 0 Å². The van der Waals surface area contributed by atoms with Gasteiger partial charge in [-0.25, -0.2) is 8.42 Å². The molecule has 0 spiro atoms. The molecule has 0 amide bonds. The summed E-state index contributed by atoms with van der Waals surface area (Å²) in [4.78, 5) is 0.0589. The van der Waals surface area contributed by atoms with E-state index in [0.717, 1.165) is 0 Å². The Bertz CT molecular complexity index is 594. The van der Waals surface area contributed by atoms with Crippen LogP contribution in [0.3, 0.4) is 0 Å². The minimum atomic E-state index is -3.67. The van der Waals surface area contributed by atoms with Crippen LogP contribution in [0.15, 0.2) is 47.6 Å². The molecule has 1 aromatic carbocycles. The average molecular weight is 287 g/mol. The molecule has 0 bridgehead atoms. The first-order valence-electron chi connectivity index (χ1n) is 5.21. The van der Waals surface area contributed by atoms with Gasteiger partial charge >= 0.3 is 0 Å². The lowest BCUT2D eigenvalue weighted by atomic mass is 10.3. The maximum atomic E-state index is 11.0. The van der Waals surface area contributed by atoms with Crippen molar-refractivity contribution in [2.75, 3.05) is 6.61 Å². The van der Waals surface area contributed by atoms with Gasteiger partial charge in [0.15, 0.2) is 0 Å². The van der Waals surface area contributed by atoms with Gasteiger partial charge in [-0.2, -0.15) is 5.10 Å². The third kappa shape index (κ3) is 3.48. The Balaban J connectivity index is 1.91. The van der Waals surface area contributed by atoms with E-state index in [2.05, 4.69) is 5.10 Å². The SMILES string of the molecule is O=S(=O)(Cl)c1ccc(OCCn2cccn2)cc1. The summed E-state index contributed by atoms with van der Waals surface area (Å²) in [6, 6.07) is 7.79. The van der Waals surface area contributed by atoms with Gasteiger partial charge in [-0.3, -0.25) is 4.68 Å². The summed E-state index contributed by atoms with van der Waals surface area (Å²) in [5.41, 5.74) is 0. The number of benzene rings is 1. The van der Waals surface area contributed by atoms with Crippen LogP contribution in [0.4, 0.5) is 0 Å². The Kier molecular flexibility index (Phi) is 3.88. The van der Waals surface area contributed by atoms with Crippen molar-refractivity contribution in [3.63, 3.8) is 0 Å². The predicted molar refractivity (Wildman–Crippen MR) is 67.2 cm³/mol. The highest BCUT2D eigenvalue weighted by atomic mass is 35.7. The van der Waals surface area contributed by atoms with E-state index < -0.39 is 9.05 Å². The molecule has 5 nitrogen and oxygen atoms in total. The highest BCUT2D eigenvalue weighted by Gasteiger charge is 2.08. The van der Waals surface area contributed by atoms with E-state index in [4.69, 9.17) is 15.4 Å². The molecule has 0 aliphatic carbocycles. The molecular formula is C11H11ClN2O3S. The van der Waals surface area contributed by atoms with Gasteiger partial charge in [-0.05, 0) is 30.3 Å². The zero-order valence-electron chi connectivity index (χ0n) is 9.36. The van der Waals surface area contributed by atoms with Crippen LogP contribution in [-0.4, -0.2) is 24.8 Å². The van der Waals surface area contributed by atoms with Crippen molar-refractivity contribution in [1.82, 2.24) is 9.78 Å². The molecule has 0 radical (unpaired) electrons. The Morgan fingerprint density at radius 3 is 2.56 bits per heavy atom. The van der Waals surface area contributed by atoms with Crippen LogP contribution >= 0.6 is 10.7 Å². The van der Waals surface area contributed by atoms with E-state index in [9.17, 15) is 8.42 Å². The van der Waals surface area contributed by atoms with Gasteiger partial charge in [0.25, 0.3) is 9.05 Å². The molecule has 0 N–H and O–H groups in total. The van der Waals surface area contributed by atoms with Crippen molar-refractivity contribution in [3.8, 4) is 5.75 Å². The quantitative estimate of drug-likeness (QED) is 0.788. The summed E-state index contributed by atoms with van der Waals surface area (Å²) in [6.45, 7) is 1.08. The van der Waals surface area contributed by atoms with Gasteiger partial charge in [-0.15, -0.1) is 0 Å². The van der Waals surface area contributed by atoms with Crippen LogP contribution in [0.25, 0.3) is 0 Å². The smallest absolute Gasteiger partial charge is 0.261 e. The summed E-state index contributed by atoms with van der Waals surface area (Å²) in [6.07, 6.45) is 3.53. The second-order valence-electron chi connectivity index (χ2n) is 3.53. The lowest BCUT2D eigenvalue weighted by Gasteiger charge is -2.06. The number of nitrogens with zero attached hydrogens (tertiary/aromatic N) is 2. The summed E-state index contributed by atoms with van der Waals surface area (Å²) < 4.78 is 29.2. The van der Waals surface area contributed by atoms with E-state index in [0.29, 0.717) is 18.9 Å². The van der Waals surface area contributed by atoms with Crippen LogP contribution in [0.2, 0.25) is 0 Å². The number of halogens is 1. The van der Waals surface area contributed by atoms with E-state index >= 15 is 0 Å². The van der Waals surface area contributed by atoms with Crippen LogP contribution < -0.4 is 4.74 Å². The third-order valence-corrected chi connectivity index (χ3v) is 3.62. The average Bonchev–Trinajstić information content (AvgIpc) is 2.82. The van der Waals surface area contributed by atoms with Gasteiger partial charge in [0.1, 0.15) is 12.4 Å². The number of hydrogen-bond donors (Lipinski definition) is 0. The summed E-state index contributed by atoms with van der Waals surface area (Å²) in [5, 5.41) is 4.03. The molecule has 0 saturated carbocycles. The Hall–Kier alpha value is -1.53. The second-order valence-corrected chi connectivity index (χ2v) is 6.09. The number of rotatable bonds is 5. The molecule has 0 saturated heterocycles. The maximum absolute atomic E-state index is 11.0. The molecule has 7 heteroatoms. The minimum Gasteiger partial charge on any atom is -0.492 e.